The predicted molar refractivity (Wildman–Crippen MR) is 78.6 cm³/mol. The Morgan fingerprint density at radius 1 is 1.09 bits per heavy atom. The lowest BCUT2D eigenvalue weighted by Crippen LogP contribution is -2.04. The van der Waals surface area contributed by atoms with Crippen molar-refractivity contribution in [3.8, 4) is 11.1 Å². The van der Waals surface area contributed by atoms with E-state index in [1.54, 1.807) is 18.2 Å². The molecule has 1 N–H and O–H groups in total. The van der Waals surface area contributed by atoms with Crippen LogP contribution in [0.5, 0.6) is 0 Å². The highest BCUT2D eigenvalue weighted by Gasteiger charge is 2.30. The van der Waals surface area contributed by atoms with Crippen LogP contribution in [0.2, 0.25) is 5.02 Å². The Hall–Kier alpha value is -2.27. The van der Waals surface area contributed by atoms with Crippen molar-refractivity contribution in [2.75, 3.05) is 0 Å². The molecule has 0 saturated carbocycles. The summed E-state index contributed by atoms with van der Waals surface area (Å²) in [4.78, 5) is 10.6. The molecule has 114 valence electrons. The summed E-state index contributed by atoms with van der Waals surface area (Å²) in [5, 5.41) is 9.08. The number of carboxylic acid groups (broad SMARTS) is 1. The molecular weight excluding hydrogens is 317 g/mol. The smallest absolute Gasteiger partial charge is 0.416 e. The number of benzene rings is 2. The van der Waals surface area contributed by atoms with E-state index < -0.39 is 17.7 Å². The second-order valence-electron chi connectivity index (χ2n) is 4.48. The Balaban J connectivity index is 2.47. The van der Waals surface area contributed by atoms with Gasteiger partial charge in [-0.3, -0.25) is 0 Å². The summed E-state index contributed by atoms with van der Waals surface area (Å²) in [7, 11) is 0. The second kappa shape index (κ2) is 6.23. The average Bonchev–Trinajstić information content (AvgIpc) is 2.45. The maximum atomic E-state index is 12.6. The number of hydrogen-bond acceptors (Lipinski definition) is 1. The van der Waals surface area contributed by atoms with E-state index in [1.807, 2.05) is 0 Å². The molecule has 0 atom stereocenters. The van der Waals surface area contributed by atoms with Crippen molar-refractivity contribution in [2.24, 2.45) is 0 Å². The van der Waals surface area contributed by atoms with Crippen LogP contribution in [0.3, 0.4) is 0 Å². The number of carboxylic acids is 1. The molecule has 0 aliphatic carbocycles. The zero-order valence-electron chi connectivity index (χ0n) is 11.1. The van der Waals surface area contributed by atoms with Gasteiger partial charge in [0, 0.05) is 11.1 Å². The molecule has 0 aliphatic rings. The van der Waals surface area contributed by atoms with E-state index in [1.165, 1.54) is 18.2 Å². The van der Waals surface area contributed by atoms with Gasteiger partial charge in [0.05, 0.1) is 5.56 Å². The first kappa shape index (κ1) is 16.1. The van der Waals surface area contributed by atoms with Crippen molar-refractivity contribution in [3.63, 3.8) is 0 Å². The van der Waals surface area contributed by atoms with Crippen molar-refractivity contribution in [1.29, 1.82) is 0 Å². The van der Waals surface area contributed by atoms with Crippen LogP contribution in [0.4, 0.5) is 13.2 Å². The molecule has 2 aromatic carbocycles. The third-order valence-corrected chi connectivity index (χ3v) is 3.18. The number of aliphatic carboxylic acids is 1. The Labute approximate surface area is 129 Å². The maximum absolute atomic E-state index is 12.6. The minimum Gasteiger partial charge on any atom is -0.478 e. The standard InChI is InChI=1S/C16H10ClF3O2/c17-13-7-3-11(4-8-15(21)22)14(9-13)10-1-5-12(6-2-10)16(18,19)20/h1-9H,(H,21,22)/b8-4+. The topological polar surface area (TPSA) is 37.3 Å². The van der Waals surface area contributed by atoms with Crippen molar-refractivity contribution in [3.05, 3.63) is 64.7 Å². The molecule has 0 saturated heterocycles. The molecule has 2 nitrogen and oxygen atoms in total. The van der Waals surface area contributed by atoms with Crippen LogP contribution < -0.4 is 0 Å². The molecule has 0 aliphatic heterocycles. The predicted octanol–water partition coefficient (Wildman–Crippen LogP) is 5.12. The molecule has 0 heterocycles. The summed E-state index contributed by atoms with van der Waals surface area (Å²) in [6.45, 7) is 0. The number of halogens is 4. The van der Waals surface area contributed by atoms with Crippen LogP contribution in [0.25, 0.3) is 17.2 Å². The third kappa shape index (κ3) is 3.89. The first-order valence-corrected chi connectivity index (χ1v) is 6.53. The highest BCUT2D eigenvalue weighted by Crippen LogP contribution is 2.33. The third-order valence-electron chi connectivity index (χ3n) is 2.94. The van der Waals surface area contributed by atoms with Gasteiger partial charge in [-0.2, -0.15) is 13.2 Å². The summed E-state index contributed by atoms with van der Waals surface area (Å²) in [5.41, 5.74) is 0.867. The summed E-state index contributed by atoms with van der Waals surface area (Å²) in [6, 6.07) is 9.36. The summed E-state index contributed by atoms with van der Waals surface area (Å²) in [6.07, 6.45) is -2.08. The van der Waals surface area contributed by atoms with E-state index in [0.717, 1.165) is 18.2 Å². The Morgan fingerprint density at radius 2 is 1.73 bits per heavy atom. The molecule has 0 aromatic heterocycles. The minimum absolute atomic E-state index is 0.405. The first-order valence-electron chi connectivity index (χ1n) is 6.15. The van der Waals surface area contributed by atoms with Gasteiger partial charge in [0.2, 0.25) is 0 Å². The zero-order chi connectivity index (χ0) is 16.3. The lowest BCUT2D eigenvalue weighted by Gasteiger charge is -2.10. The monoisotopic (exact) mass is 326 g/mol. The van der Waals surface area contributed by atoms with Gasteiger partial charge in [-0.15, -0.1) is 0 Å². The Morgan fingerprint density at radius 3 is 2.27 bits per heavy atom. The van der Waals surface area contributed by atoms with Crippen LogP contribution in [-0.4, -0.2) is 11.1 Å². The summed E-state index contributed by atoms with van der Waals surface area (Å²) in [5.74, 6) is -1.12. The van der Waals surface area contributed by atoms with Crippen LogP contribution >= 0.6 is 11.6 Å². The van der Waals surface area contributed by atoms with E-state index in [4.69, 9.17) is 16.7 Å². The van der Waals surface area contributed by atoms with E-state index in [-0.39, 0.29) is 0 Å². The highest BCUT2D eigenvalue weighted by molar-refractivity contribution is 6.31. The summed E-state index contributed by atoms with van der Waals surface area (Å²) >= 11 is 5.91. The van der Waals surface area contributed by atoms with Gasteiger partial charge in [-0.25, -0.2) is 4.79 Å². The fraction of sp³-hybridized carbons (Fsp3) is 0.0625. The largest absolute Gasteiger partial charge is 0.478 e. The van der Waals surface area contributed by atoms with Crippen LogP contribution in [0, 0.1) is 0 Å². The first-order chi connectivity index (χ1) is 10.3. The summed E-state index contributed by atoms with van der Waals surface area (Å²) < 4.78 is 37.7. The van der Waals surface area contributed by atoms with Gasteiger partial charge in [-0.05, 0) is 47.0 Å². The van der Waals surface area contributed by atoms with Crippen molar-refractivity contribution < 1.29 is 23.1 Å². The fourth-order valence-corrected chi connectivity index (χ4v) is 2.10. The molecule has 2 aromatic rings. The van der Waals surface area contributed by atoms with E-state index in [2.05, 4.69) is 0 Å². The number of carbonyl (C=O) groups is 1. The van der Waals surface area contributed by atoms with Crippen molar-refractivity contribution in [2.45, 2.75) is 6.18 Å². The molecule has 0 fully saturated rings. The molecule has 0 bridgehead atoms. The molecule has 0 spiro atoms. The van der Waals surface area contributed by atoms with Gasteiger partial charge >= 0.3 is 12.1 Å². The zero-order valence-corrected chi connectivity index (χ0v) is 11.8. The Kier molecular flexibility index (Phi) is 4.56. The van der Waals surface area contributed by atoms with Gasteiger partial charge in [0.15, 0.2) is 0 Å². The maximum Gasteiger partial charge on any atom is 0.416 e. The molecule has 0 amide bonds. The number of alkyl halides is 3. The lowest BCUT2D eigenvalue weighted by molar-refractivity contribution is -0.137. The molecule has 22 heavy (non-hydrogen) atoms. The minimum atomic E-state index is -4.40. The van der Waals surface area contributed by atoms with Crippen molar-refractivity contribution >= 4 is 23.6 Å². The molecule has 2 rings (SSSR count). The van der Waals surface area contributed by atoms with Crippen molar-refractivity contribution in [1.82, 2.24) is 0 Å². The van der Waals surface area contributed by atoms with E-state index in [9.17, 15) is 18.0 Å². The van der Waals surface area contributed by atoms with Crippen LogP contribution in [-0.2, 0) is 11.0 Å². The lowest BCUT2D eigenvalue weighted by atomic mass is 9.98. The second-order valence-corrected chi connectivity index (χ2v) is 4.91. The number of hydrogen-bond donors (Lipinski definition) is 1. The van der Waals surface area contributed by atoms with Gasteiger partial charge in [-0.1, -0.05) is 29.8 Å². The van der Waals surface area contributed by atoms with Crippen LogP contribution in [0.1, 0.15) is 11.1 Å². The van der Waals surface area contributed by atoms with Gasteiger partial charge in [0.25, 0.3) is 0 Å². The fourth-order valence-electron chi connectivity index (χ4n) is 1.92. The highest BCUT2D eigenvalue weighted by atomic mass is 35.5. The molecule has 0 radical (unpaired) electrons. The number of rotatable bonds is 3. The quantitative estimate of drug-likeness (QED) is 0.794. The molecule has 6 heteroatoms. The van der Waals surface area contributed by atoms with E-state index >= 15 is 0 Å². The molecule has 0 unspecified atom stereocenters. The van der Waals surface area contributed by atoms with Gasteiger partial charge < -0.3 is 5.11 Å². The molecular formula is C16H10ClF3O2. The normalized spacial score (nSPS) is 11.8. The Bertz CT molecular complexity index is 719. The average molecular weight is 327 g/mol. The van der Waals surface area contributed by atoms with Gasteiger partial charge in [0.1, 0.15) is 0 Å². The van der Waals surface area contributed by atoms with Crippen LogP contribution in [0.15, 0.2) is 48.5 Å². The SMILES string of the molecule is O=C(O)/C=C/c1ccc(Cl)cc1-c1ccc(C(F)(F)F)cc1. The van der Waals surface area contributed by atoms with E-state index in [0.29, 0.717) is 21.7 Å².